The Hall–Kier alpha value is 2.71. The topological polar surface area (TPSA) is 63.2 Å². The summed E-state index contributed by atoms with van der Waals surface area (Å²) in [6.45, 7) is 0. The first-order valence-corrected chi connectivity index (χ1v) is 0.612. The van der Waals surface area contributed by atoms with E-state index in [0.29, 0.717) is 0 Å². The molecule has 3 nitrogen and oxygen atoms in total. The van der Waals surface area contributed by atoms with Crippen LogP contribution in [0, 0.1) is 82.1 Å². The molecule has 0 aliphatic carbocycles. The van der Waals surface area contributed by atoms with Gasteiger partial charge in [-0.2, -0.15) is 0 Å². The van der Waals surface area contributed by atoms with Crippen molar-refractivity contribution in [2.24, 2.45) is 0 Å². The maximum atomic E-state index is 8.33. The molecule has 0 spiro atoms. The molecule has 7 heavy (non-hydrogen) atoms. The van der Waals surface area contributed by atoms with E-state index in [9.17, 15) is 0 Å². The van der Waals surface area contributed by atoms with E-state index in [1.807, 2.05) is 0 Å². The van der Waals surface area contributed by atoms with Crippen LogP contribution in [0.2, 0.25) is 0 Å². The molecule has 36 valence electrons. The van der Waals surface area contributed by atoms with Crippen LogP contribution in [0.5, 0.6) is 0 Å². The van der Waals surface area contributed by atoms with Crippen LogP contribution in [0.3, 0.4) is 0 Å². The van der Waals surface area contributed by atoms with Crippen molar-refractivity contribution < 1.29 is 121 Å². The van der Waals surface area contributed by atoms with Gasteiger partial charge in [-0.25, -0.2) is 0 Å². The average molecular weight is 477 g/mol. The van der Waals surface area contributed by atoms with Crippen LogP contribution < -0.4 is 34.2 Å². The quantitative estimate of drug-likeness (QED) is 0.328. The molecule has 0 rings (SSSR count). The first-order valence-electron chi connectivity index (χ1n) is 0.612. The van der Waals surface area contributed by atoms with Gasteiger partial charge in [0.1, 0.15) is 0 Å². The Morgan fingerprint density at radius 2 is 1.29 bits per heavy atom. The SMILES string of the molecule is O=C([O-])[O-].[Ce+3].[I-].[Sm+3]. The van der Waals surface area contributed by atoms with Crippen LogP contribution in [0.25, 0.3) is 0 Å². The fourth-order valence-electron chi connectivity index (χ4n) is 0. The Morgan fingerprint density at radius 3 is 1.29 bits per heavy atom. The Kier molecular flexibility index (Phi) is 51.3. The summed E-state index contributed by atoms with van der Waals surface area (Å²) in [5.41, 5.74) is 0. The van der Waals surface area contributed by atoms with E-state index in [1.165, 1.54) is 0 Å². The minimum absolute atomic E-state index is 0. The minimum Gasteiger partial charge on any atom is -1.00 e. The van der Waals surface area contributed by atoms with Crippen LogP contribution >= 0.6 is 0 Å². The number of carboxylic acid groups (broad SMARTS) is 2. The van der Waals surface area contributed by atoms with Crippen molar-refractivity contribution in [2.75, 3.05) is 0 Å². The van der Waals surface area contributed by atoms with Gasteiger partial charge >= 0.3 is 82.1 Å². The summed E-state index contributed by atoms with van der Waals surface area (Å²) in [5, 5.41) is 16.7. The zero-order valence-electron chi connectivity index (χ0n) is 3.01. The van der Waals surface area contributed by atoms with E-state index < -0.39 is 6.16 Å². The standard InChI is InChI=1S/CH2O3.Ce.HI.Sm/c2-1(3)4;;;/h(H2,2,3,4);;1H;/q;+3;;+3/p-3. The van der Waals surface area contributed by atoms with Crippen LogP contribution in [0.1, 0.15) is 0 Å². The number of hydrogen-bond donors (Lipinski definition) is 0. The second-order valence-corrected chi connectivity index (χ2v) is 0.250. The molecule has 6 heteroatoms. The zero-order chi connectivity index (χ0) is 3.58. The number of rotatable bonds is 0. The molecular formula is CCeIO3Sm+3. The fraction of sp³-hybridized carbons (Fsp3) is 0. The molecule has 0 aromatic rings. The molecular weight excluding hydrogens is 477 g/mol. The van der Waals surface area contributed by atoms with Crippen molar-refractivity contribution in [2.45, 2.75) is 0 Å². The van der Waals surface area contributed by atoms with Crippen molar-refractivity contribution in [1.29, 1.82) is 0 Å². The minimum atomic E-state index is -2.33. The molecule has 2 radical (unpaired) electrons. The average Bonchev–Trinajstić information content (AvgIpc) is 0.811. The van der Waals surface area contributed by atoms with Gasteiger partial charge in [0.05, 0.1) is 0 Å². The fourth-order valence-corrected chi connectivity index (χ4v) is 0. The Morgan fingerprint density at radius 1 is 1.29 bits per heavy atom. The molecule has 0 unspecified atom stereocenters. The second kappa shape index (κ2) is 15.9. The van der Waals surface area contributed by atoms with E-state index >= 15 is 0 Å². The van der Waals surface area contributed by atoms with Gasteiger partial charge < -0.3 is 39.0 Å². The summed E-state index contributed by atoms with van der Waals surface area (Å²) < 4.78 is 0. The van der Waals surface area contributed by atoms with Crippen molar-refractivity contribution in [3.63, 3.8) is 0 Å². The molecule has 0 aromatic carbocycles. The van der Waals surface area contributed by atoms with Crippen molar-refractivity contribution in [3.05, 3.63) is 0 Å². The van der Waals surface area contributed by atoms with Gasteiger partial charge in [0.2, 0.25) is 0 Å². The van der Waals surface area contributed by atoms with E-state index in [0.717, 1.165) is 0 Å². The molecule has 0 aromatic heterocycles. The monoisotopic (exact) mass is 479 g/mol. The molecule has 0 fully saturated rings. The summed E-state index contributed by atoms with van der Waals surface area (Å²) in [6, 6.07) is 0. The van der Waals surface area contributed by atoms with Gasteiger partial charge in [-0.3, -0.25) is 0 Å². The van der Waals surface area contributed by atoms with Crippen LogP contribution in [-0.2, 0) is 0 Å². The number of hydrogen-bond acceptors (Lipinski definition) is 3. The summed E-state index contributed by atoms with van der Waals surface area (Å²) in [4.78, 5) is 8.33. The van der Waals surface area contributed by atoms with Crippen LogP contribution in [-0.4, -0.2) is 6.16 Å². The van der Waals surface area contributed by atoms with Gasteiger partial charge in [0.25, 0.3) is 0 Å². The normalized spacial score (nSPS) is 3.43. The van der Waals surface area contributed by atoms with Crippen molar-refractivity contribution in [3.8, 4) is 0 Å². The van der Waals surface area contributed by atoms with Crippen molar-refractivity contribution in [1.82, 2.24) is 0 Å². The molecule has 0 atom stereocenters. The molecule has 0 aliphatic rings. The first kappa shape index (κ1) is 22.6. The third-order valence-electron chi connectivity index (χ3n) is 0. The number of halogens is 1. The molecule has 0 N–H and O–H groups in total. The number of carbonyl (C=O) groups excluding carboxylic acids is 1. The van der Waals surface area contributed by atoms with E-state index in [4.69, 9.17) is 15.0 Å². The Labute approximate surface area is 124 Å². The predicted octanol–water partition coefficient (Wildman–Crippen LogP) is -5.44. The Bertz CT molecular complexity index is 37.9. The zero-order valence-corrected chi connectivity index (χ0v) is 10.9. The maximum absolute atomic E-state index is 8.33. The second-order valence-electron chi connectivity index (χ2n) is 0.250. The van der Waals surface area contributed by atoms with Crippen LogP contribution in [0.15, 0.2) is 0 Å². The van der Waals surface area contributed by atoms with Gasteiger partial charge in [0.15, 0.2) is 0 Å². The third kappa shape index (κ3) is 53.3. The summed E-state index contributed by atoms with van der Waals surface area (Å²) in [5.74, 6) is 0. The first-order chi connectivity index (χ1) is 1.73. The van der Waals surface area contributed by atoms with Crippen LogP contribution in [0.4, 0.5) is 4.79 Å². The summed E-state index contributed by atoms with van der Waals surface area (Å²) in [6.07, 6.45) is -2.33. The van der Waals surface area contributed by atoms with Gasteiger partial charge in [-0.1, -0.05) is 0 Å². The molecule has 0 saturated carbocycles. The molecule has 0 amide bonds. The third-order valence-corrected chi connectivity index (χ3v) is 0. The molecule has 0 bridgehead atoms. The van der Waals surface area contributed by atoms with Gasteiger partial charge in [0, 0.05) is 0 Å². The van der Waals surface area contributed by atoms with E-state index in [1.54, 1.807) is 0 Å². The molecule has 0 aliphatic heterocycles. The summed E-state index contributed by atoms with van der Waals surface area (Å²) >= 11 is 0. The molecule has 0 saturated heterocycles. The Balaban J connectivity index is -0.0000000150. The van der Waals surface area contributed by atoms with Gasteiger partial charge in [-0.15, -0.1) is 0 Å². The summed E-state index contributed by atoms with van der Waals surface area (Å²) in [7, 11) is 0. The van der Waals surface area contributed by atoms with Gasteiger partial charge in [-0.05, 0) is 6.16 Å². The largest absolute Gasteiger partial charge is 3.00 e. The van der Waals surface area contributed by atoms with E-state index in [-0.39, 0.29) is 106 Å². The maximum Gasteiger partial charge on any atom is 3.00 e. The van der Waals surface area contributed by atoms with E-state index in [2.05, 4.69) is 0 Å². The predicted molar refractivity (Wildman–Crippen MR) is 5.40 cm³/mol. The smallest absolute Gasteiger partial charge is 1.00 e. The molecule has 0 heterocycles. The number of carbonyl (C=O) groups is 1. The van der Waals surface area contributed by atoms with Crippen molar-refractivity contribution >= 4 is 6.16 Å².